The van der Waals surface area contributed by atoms with Crippen LogP contribution in [0.5, 0.6) is 0 Å². The first-order chi connectivity index (χ1) is 14.7. The van der Waals surface area contributed by atoms with Crippen molar-refractivity contribution < 1.29 is 34.2 Å². The van der Waals surface area contributed by atoms with Gasteiger partial charge in [0.25, 0.3) is 0 Å². The van der Waals surface area contributed by atoms with Crippen molar-refractivity contribution in [2.75, 3.05) is 53.4 Å². The van der Waals surface area contributed by atoms with Gasteiger partial charge in [-0.15, -0.1) is 0 Å². The van der Waals surface area contributed by atoms with E-state index in [9.17, 15) is 5.11 Å². The average molecular weight is 435 g/mol. The first kappa shape index (κ1) is 27.8. The fraction of sp³-hybridized carbons (Fsp3) is 1.00. The second-order valence-electron chi connectivity index (χ2n) is 8.46. The van der Waals surface area contributed by atoms with Crippen LogP contribution in [0.4, 0.5) is 0 Å². The maximum Gasteiger partial charge on any atom is 0.110 e. The lowest BCUT2D eigenvalue weighted by Gasteiger charge is -2.28. The second-order valence-corrected chi connectivity index (χ2v) is 8.46. The highest BCUT2D eigenvalue weighted by Gasteiger charge is 2.25. The van der Waals surface area contributed by atoms with Crippen LogP contribution < -0.4 is 0 Å². The molecule has 3 aliphatic rings. The zero-order chi connectivity index (χ0) is 21.9. The highest BCUT2D eigenvalue weighted by molar-refractivity contribution is 4.73. The molecule has 0 aromatic carbocycles. The first-order valence-corrected chi connectivity index (χ1v) is 11.9. The van der Waals surface area contributed by atoms with Crippen LogP contribution in [-0.2, 0) is 24.0 Å². The first-order valence-electron chi connectivity index (χ1n) is 11.9. The van der Waals surface area contributed by atoms with Crippen LogP contribution in [0.15, 0.2) is 0 Å². The van der Waals surface area contributed by atoms with Crippen LogP contribution in [0, 0.1) is 11.8 Å². The highest BCUT2D eigenvalue weighted by Crippen LogP contribution is 2.29. The molecule has 7 nitrogen and oxygen atoms in total. The molecular weight excluding hydrogens is 388 g/mol. The standard InChI is InChI=1S/C15H28O6.C6H12.C2H6O/c1-17-21-9-14(16)8-18-6-12-2-4-13(5-3-12)7-19-10-15-11-20-15;1-2-4-6-5-3-1;1-2-3/h12-16H,2-11H2,1H3;1-6H2;3H,2H2,1H3. The fourth-order valence-corrected chi connectivity index (χ4v) is 3.72. The molecule has 2 atom stereocenters. The lowest BCUT2D eigenvalue weighted by atomic mass is 9.83. The van der Waals surface area contributed by atoms with E-state index in [1.165, 1.54) is 71.3 Å². The molecule has 0 amide bonds. The van der Waals surface area contributed by atoms with Gasteiger partial charge in [-0.1, -0.05) is 38.5 Å². The average Bonchev–Trinajstić information content (AvgIpc) is 3.60. The fourth-order valence-electron chi connectivity index (χ4n) is 3.72. The smallest absolute Gasteiger partial charge is 0.110 e. The van der Waals surface area contributed by atoms with E-state index in [0.717, 1.165) is 19.8 Å². The summed E-state index contributed by atoms with van der Waals surface area (Å²) < 4.78 is 16.3. The van der Waals surface area contributed by atoms with Gasteiger partial charge in [-0.05, 0) is 44.4 Å². The van der Waals surface area contributed by atoms with Gasteiger partial charge in [0, 0.05) is 19.8 Å². The molecule has 1 heterocycles. The molecule has 3 rings (SSSR count). The van der Waals surface area contributed by atoms with Crippen LogP contribution >= 0.6 is 0 Å². The van der Waals surface area contributed by atoms with Gasteiger partial charge < -0.3 is 24.4 Å². The van der Waals surface area contributed by atoms with Crippen molar-refractivity contribution in [3.8, 4) is 0 Å². The molecule has 2 saturated carbocycles. The summed E-state index contributed by atoms with van der Waals surface area (Å²) in [6, 6.07) is 0. The van der Waals surface area contributed by atoms with Gasteiger partial charge in [0.15, 0.2) is 0 Å². The van der Waals surface area contributed by atoms with Gasteiger partial charge >= 0.3 is 0 Å². The SMILES string of the molecule is C1CCCCC1.CCO.COOCC(O)COCC1CCC(COCC2CO2)CC1. The Morgan fingerprint density at radius 1 is 0.833 bits per heavy atom. The molecule has 30 heavy (non-hydrogen) atoms. The third-order valence-corrected chi connectivity index (χ3v) is 5.57. The van der Waals surface area contributed by atoms with Crippen LogP contribution in [-0.4, -0.2) is 75.8 Å². The predicted molar refractivity (Wildman–Crippen MR) is 116 cm³/mol. The van der Waals surface area contributed by atoms with Crippen molar-refractivity contribution in [2.45, 2.75) is 83.3 Å². The largest absolute Gasteiger partial charge is 0.397 e. The molecule has 0 radical (unpaired) electrons. The third-order valence-electron chi connectivity index (χ3n) is 5.57. The van der Waals surface area contributed by atoms with E-state index in [1.807, 2.05) is 0 Å². The van der Waals surface area contributed by atoms with Gasteiger partial charge in [-0.25, -0.2) is 9.78 Å². The normalized spacial score (nSPS) is 26.6. The molecular formula is C23H46O7. The van der Waals surface area contributed by atoms with E-state index in [4.69, 9.17) is 19.3 Å². The Morgan fingerprint density at radius 3 is 1.73 bits per heavy atom. The Morgan fingerprint density at radius 2 is 1.30 bits per heavy atom. The molecule has 2 unspecified atom stereocenters. The lowest BCUT2D eigenvalue weighted by molar-refractivity contribution is -0.286. The molecule has 0 spiro atoms. The molecule has 7 heteroatoms. The molecule has 1 saturated heterocycles. The Kier molecular flexibility index (Phi) is 18.0. The minimum Gasteiger partial charge on any atom is -0.397 e. The van der Waals surface area contributed by atoms with Gasteiger partial charge in [-0.2, -0.15) is 0 Å². The molecule has 180 valence electrons. The van der Waals surface area contributed by atoms with Gasteiger partial charge in [0.2, 0.25) is 0 Å². The summed E-state index contributed by atoms with van der Waals surface area (Å²) in [5.74, 6) is 1.28. The Hall–Kier alpha value is -0.280. The number of aliphatic hydroxyl groups excluding tert-OH is 2. The van der Waals surface area contributed by atoms with Crippen LogP contribution in [0.25, 0.3) is 0 Å². The van der Waals surface area contributed by atoms with Gasteiger partial charge in [0.05, 0.1) is 26.9 Å². The van der Waals surface area contributed by atoms with Crippen molar-refractivity contribution in [3.63, 3.8) is 0 Å². The minimum atomic E-state index is -0.626. The number of aliphatic hydroxyl groups is 2. The van der Waals surface area contributed by atoms with Crippen LogP contribution in [0.3, 0.4) is 0 Å². The Bertz CT molecular complexity index is 342. The summed E-state index contributed by atoms with van der Waals surface area (Å²) in [4.78, 5) is 9.09. The summed E-state index contributed by atoms with van der Waals surface area (Å²) in [5, 5.41) is 17.1. The zero-order valence-electron chi connectivity index (χ0n) is 19.3. The van der Waals surface area contributed by atoms with Crippen LogP contribution in [0.1, 0.15) is 71.1 Å². The maximum absolute atomic E-state index is 9.54. The molecule has 3 fully saturated rings. The van der Waals surface area contributed by atoms with E-state index < -0.39 is 6.10 Å². The maximum atomic E-state index is 9.54. The van der Waals surface area contributed by atoms with E-state index in [-0.39, 0.29) is 13.2 Å². The number of hydrogen-bond donors (Lipinski definition) is 2. The summed E-state index contributed by atoms with van der Waals surface area (Å²) >= 11 is 0. The van der Waals surface area contributed by atoms with E-state index in [2.05, 4.69) is 9.78 Å². The molecule has 2 N–H and O–H groups in total. The topological polar surface area (TPSA) is 89.9 Å². The highest BCUT2D eigenvalue weighted by atomic mass is 17.2. The van der Waals surface area contributed by atoms with Crippen molar-refractivity contribution in [1.29, 1.82) is 0 Å². The lowest BCUT2D eigenvalue weighted by Crippen LogP contribution is -2.26. The second kappa shape index (κ2) is 19.4. The molecule has 1 aliphatic heterocycles. The van der Waals surface area contributed by atoms with Crippen molar-refractivity contribution in [2.24, 2.45) is 11.8 Å². The van der Waals surface area contributed by atoms with E-state index >= 15 is 0 Å². The monoisotopic (exact) mass is 434 g/mol. The summed E-state index contributed by atoms with van der Waals surface area (Å²) in [7, 11) is 1.42. The summed E-state index contributed by atoms with van der Waals surface area (Å²) in [6.45, 7) is 5.57. The quantitative estimate of drug-likeness (QED) is 0.292. The minimum absolute atomic E-state index is 0.144. The molecule has 0 bridgehead atoms. The predicted octanol–water partition coefficient (Wildman–Crippen LogP) is 3.50. The molecule has 2 aliphatic carbocycles. The van der Waals surface area contributed by atoms with E-state index in [0.29, 0.717) is 31.2 Å². The van der Waals surface area contributed by atoms with Gasteiger partial charge in [-0.3, -0.25) is 0 Å². The third kappa shape index (κ3) is 16.4. The molecule has 0 aromatic heterocycles. The Labute approximate surface area is 183 Å². The molecule has 0 aromatic rings. The summed E-state index contributed by atoms with van der Waals surface area (Å²) in [5.41, 5.74) is 0. The van der Waals surface area contributed by atoms with Crippen molar-refractivity contribution >= 4 is 0 Å². The number of rotatable bonds is 11. The number of epoxide rings is 1. The zero-order valence-corrected chi connectivity index (χ0v) is 19.3. The number of ether oxygens (including phenoxy) is 3. The Balaban J connectivity index is 0.000000415. The summed E-state index contributed by atoms with van der Waals surface area (Å²) in [6.07, 6.45) is 13.5. The van der Waals surface area contributed by atoms with Gasteiger partial charge in [0.1, 0.15) is 18.8 Å². The number of hydrogen-bond acceptors (Lipinski definition) is 7. The van der Waals surface area contributed by atoms with Crippen molar-refractivity contribution in [3.05, 3.63) is 0 Å². The van der Waals surface area contributed by atoms with E-state index in [1.54, 1.807) is 6.92 Å². The van der Waals surface area contributed by atoms with Crippen molar-refractivity contribution in [1.82, 2.24) is 0 Å². The van der Waals surface area contributed by atoms with Crippen LogP contribution in [0.2, 0.25) is 0 Å².